The van der Waals surface area contributed by atoms with Crippen LogP contribution < -0.4 is 14.8 Å². The number of aromatic nitrogens is 1. The number of nitriles is 1. The van der Waals surface area contributed by atoms with Crippen molar-refractivity contribution in [2.75, 3.05) is 26.1 Å². The quantitative estimate of drug-likeness (QED) is 0.419. The number of carbonyl (C=O) groups excluding carboxylic acids is 1. The minimum atomic E-state index is -0.487. The third kappa shape index (κ3) is 5.40. The summed E-state index contributed by atoms with van der Waals surface area (Å²) in [6.45, 7) is 2.55. The van der Waals surface area contributed by atoms with Crippen LogP contribution in [0.2, 0.25) is 0 Å². The summed E-state index contributed by atoms with van der Waals surface area (Å²) in [5, 5.41) is 12.8. The van der Waals surface area contributed by atoms with Crippen molar-refractivity contribution < 1.29 is 14.3 Å². The van der Waals surface area contributed by atoms with Gasteiger partial charge in [0, 0.05) is 24.5 Å². The molecule has 2 heterocycles. The zero-order chi connectivity index (χ0) is 23.2. The van der Waals surface area contributed by atoms with Crippen molar-refractivity contribution in [3.63, 3.8) is 0 Å². The lowest BCUT2D eigenvalue weighted by Crippen LogP contribution is -2.29. The number of amides is 1. The molecular formula is C25H24N4O3S. The van der Waals surface area contributed by atoms with E-state index in [2.05, 4.69) is 27.3 Å². The molecule has 33 heavy (non-hydrogen) atoms. The summed E-state index contributed by atoms with van der Waals surface area (Å²) in [5.41, 5.74) is 2.90. The number of nitrogens with one attached hydrogen (secondary N) is 1. The smallest absolute Gasteiger partial charge is 0.268 e. The maximum atomic E-state index is 12.7. The van der Waals surface area contributed by atoms with E-state index in [9.17, 15) is 10.1 Å². The molecule has 1 amide bonds. The highest BCUT2D eigenvalue weighted by molar-refractivity contribution is 7.15. The monoisotopic (exact) mass is 460 g/mol. The van der Waals surface area contributed by atoms with Gasteiger partial charge in [0.05, 0.1) is 19.9 Å². The summed E-state index contributed by atoms with van der Waals surface area (Å²) in [6.07, 6.45) is 2.41. The van der Waals surface area contributed by atoms with Crippen LogP contribution in [0.5, 0.6) is 11.5 Å². The molecule has 8 heteroatoms. The molecule has 0 bridgehead atoms. The summed E-state index contributed by atoms with van der Waals surface area (Å²) < 4.78 is 10.5. The molecule has 0 radical (unpaired) electrons. The van der Waals surface area contributed by atoms with Crippen molar-refractivity contribution in [2.45, 2.75) is 19.5 Å². The normalized spacial score (nSPS) is 13.7. The fourth-order valence-corrected chi connectivity index (χ4v) is 4.66. The lowest BCUT2D eigenvalue weighted by molar-refractivity contribution is -0.112. The van der Waals surface area contributed by atoms with Crippen LogP contribution in [0.4, 0.5) is 5.13 Å². The van der Waals surface area contributed by atoms with Crippen LogP contribution in [0.15, 0.2) is 54.1 Å². The molecule has 7 nitrogen and oxygen atoms in total. The van der Waals surface area contributed by atoms with Gasteiger partial charge in [0.1, 0.15) is 11.6 Å². The van der Waals surface area contributed by atoms with Gasteiger partial charge in [-0.3, -0.25) is 15.0 Å². The third-order valence-electron chi connectivity index (χ3n) is 5.36. The average molecular weight is 461 g/mol. The molecule has 2 aromatic carbocycles. The van der Waals surface area contributed by atoms with Gasteiger partial charge in [-0.05, 0) is 35.8 Å². The van der Waals surface area contributed by atoms with Gasteiger partial charge in [-0.15, -0.1) is 11.3 Å². The fraction of sp³-hybridized carbons (Fsp3) is 0.240. The minimum absolute atomic E-state index is 0.0129. The van der Waals surface area contributed by atoms with Crippen molar-refractivity contribution in [1.29, 1.82) is 5.26 Å². The second-order valence-corrected chi connectivity index (χ2v) is 8.66. The number of rotatable bonds is 7. The highest BCUT2D eigenvalue weighted by atomic mass is 32.1. The summed E-state index contributed by atoms with van der Waals surface area (Å²) >= 11 is 1.47. The highest BCUT2D eigenvalue weighted by Crippen LogP contribution is 2.30. The van der Waals surface area contributed by atoms with Crippen molar-refractivity contribution >= 4 is 28.5 Å². The second kappa shape index (κ2) is 10.3. The van der Waals surface area contributed by atoms with Gasteiger partial charge < -0.3 is 9.47 Å². The molecular weight excluding hydrogens is 436 g/mol. The van der Waals surface area contributed by atoms with E-state index >= 15 is 0 Å². The van der Waals surface area contributed by atoms with E-state index < -0.39 is 5.91 Å². The van der Waals surface area contributed by atoms with E-state index in [0.29, 0.717) is 22.2 Å². The molecule has 1 aromatic heterocycles. The molecule has 0 spiro atoms. The van der Waals surface area contributed by atoms with Crippen LogP contribution in [-0.2, 0) is 24.3 Å². The lowest BCUT2D eigenvalue weighted by Gasteiger charge is -2.25. The molecule has 0 saturated carbocycles. The van der Waals surface area contributed by atoms with Gasteiger partial charge in [0.15, 0.2) is 16.6 Å². The molecule has 168 valence electrons. The third-order valence-corrected chi connectivity index (χ3v) is 6.43. The zero-order valence-corrected chi connectivity index (χ0v) is 19.3. The van der Waals surface area contributed by atoms with Crippen LogP contribution in [0.1, 0.15) is 21.7 Å². The molecule has 0 atom stereocenters. The number of anilines is 1. The number of ether oxygens (including phenoxy) is 2. The lowest BCUT2D eigenvalue weighted by atomic mass is 10.1. The van der Waals surface area contributed by atoms with E-state index in [4.69, 9.17) is 9.47 Å². The zero-order valence-electron chi connectivity index (χ0n) is 18.5. The first-order chi connectivity index (χ1) is 16.1. The van der Waals surface area contributed by atoms with E-state index in [-0.39, 0.29) is 5.57 Å². The molecule has 1 N–H and O–H groups in total. The summed E-state index contributed by atoms with van der Waals surface area (Å²) in [7, 11) is 3.09. The first kappa shape index (κ1) is 22.5. The summed E-state index contributed by atoms with van der Waals surface area (Å²) in [6, 6.07) is 17.5. The molecule has 1 aliphatic heterocycles. The fourth-order valence-electron chi connectivity index (χ4n) is 3.71. The van der Waals surface area contributed by atoms with Crippen LogP contribution >= 0.6 is 11.3 Å². The first-order valence-corrected chi connectivity index (χ1v) is 11.3. The number of benzene rings is 2. The number of fused-ring (bicyclic) bond motifs is 1. The Morgan fingerprint density at radius 2 is 2.00 bits per heavy atom. The highest BCUT2D eigenvalue weighted by Gasteiger charge is 2.22. The Balaban J connectivity index is 1.44. The predicted molar refractivity (Wildman–Crippen MR) is 128 cm³/mol. The topological polar surface area (TPSA) is 87.5 Å². The minimum Gasteiger partial charge on any atom is -0.493 e. The first-order valence-electron chi connectivity index (χ1n) is 10.5. The SMILES string of the molecule is COc1ccc(/C=C(\C#N)C(=O)Nc2nc3c(s2)CCN(Cc2ccccc2)C3)cc1OC. The predicted octanol–water partition coefficient (Wildman–Crippen LogP) is 4.26. The van der Waals surface area contributed by atoms with Crippen molar-refractivity contribution in [3.05, 3.63) is 75.8 Å². The second-order valence-electron chi connectivity index (χ2n) is 7.57. The van der Waals surface area contributed by atoms with Gasteiger partial charge in [-0.2, -0.15) is 5.26 Å². The maximum absolute atomic E-state index is 12.7. The Morgan fingerprint density at radius 1 is 1.21 bits per heavy atom. The standard InChI is InChI=1S/C25H24N4O3S/c1-31-21-9-8-18(13-22(21)32-2)12-19(14-26)24(30)28-25-27-20-16-29(11-10-23(20)33-25)15-17-6-4-3-5-7-17/h3-9,12-13H,10-11,15-16H2,1-2H3,(H,27,28,30)/b19-12+. The number of carbonyl (C=O) groups is 1. The molecule has 0 unspecified atom stereocenters. The largest absolute Gasteiger partial charge is 0.493 e. The van der Waals surface area contributed by atoms with Crippen LogP contribution in [0, 0.1) is 11.3 Å². The van der Waals surface area contributed by atoms with E-state index in [1.807, 2.05) is 24.3 Å². The van der Waals surface area contributed by atoms with Crippen molar-refractivity contribution in [3.8, 4) is 17.6 Å². The maximum Gasteiger partial charge on any atom is 0.268 e. The Morgan fingerprint density at radius 3 is 2.73 bits per heavy atom. The number of hydrogen-bond acceptors (Lipinski definition) is 7. The molecule has 1 aliphatic rings. The van der Waals surface area contributed by atoms with Crippen LogP contribution in [-0.4, -0.2) is 36.6 Å². The van der Waals surface area contributed by atoms with Gasteiger partial charge >= 0.3 is 0 Å². The molecule has 0 saturated heterocycles. The van der Waals surface area contributed by atoms with Crippen LogP contribution in [0.25, 0.3) is 6.08 Å². The van der Waals surface area contributed by atoms with Gasteiger partial charge in [0.25, 0.3) is 5.91 Å². The van der Waals surface area contributed by atoms with Gasteiger partial charge in [-0.25, -0.2) is 4.98 Å². The number of nitrogens with zero attached hydrogens (tertiary/aromatic N) is 3. The Labute approximate surface area is 196 Å². The van der Waals surface area contributed by atoms with E-state index in [1.54, 1.807) is 25.3 Å². The van der Waals surface area contributed by atoms with E-state index in [1.165, 1.54) is 35.0 Å². The Hall–Kier alpha value is -3.67. The Kier molecular flexibility index (Phi) is 7.03. The molecule has 3 aromatic rings. The van der Waals surface area contributed by atoms with Crippen LogP contribution in [0.3, 0.4) is 0 Å². The summed E-state index contributed by atoms with van der Waals surface area (Å²) in [5.74, 6) is 0.614. The Bertz CT molecular complexity index is 1210. The number of methoxy groups -OCH3 is 2. The van der Waals surface area contributed by atoms with E-state index in [0.717, 1.165) is 31.7 Å². The molecule has 4 rings (SSSR count). The van der Waals surface area contributed by atoms with Gasteiger partial charge in [-0.1, -0.05) is 36.4 Å². The number of hydrogen-bond donors (Lipinski definition) is 1. The average Bonchev–Trinajstić information content (AvgIpc) is 3.24. The van der Waals surface area contributed by atoms with Gasteiger partial charge in [0.2, 0.25) is 0 Å². The van der Waals surface area contributed by atoms with Crippen molar-refractivity contribution in [1.82, 2.24) is 9.88 Å². The number of thiazole rings is 1. The van der Waals surface area contributed by atoms with Crippen molar-refractivity contribution in [2.24, 2.45) is 0 Å². The molecule has 0 fully saturated rings. The summed E-state index contributed by atoms with van der Waals surface area (Å²) in [4.78, 5) is 20.9. The molecule has 0 aliphatic carbocycles.